The number of nitrogens with zero attached hydrogens (tertiary/aromatic N) is 1. The maximum atomic E-state index is 5.46. The minimum atomic E-state index is 0.751. The van der Waals surface area contributed by atoms with Gasteiger partial charge in [-0.15, -0.1) is 0 Å². The van der Waals surface area contributed by atoms with Crippen LogP contribution in [0.5, 0.6) is 0 Å². The molecule has 2 rings (SSSR count). The fraction of sp³-hybridized carbons (Fsp3) is 1.00. The van der Waals surface area contributed by atoms with Gasteiger partial charge in [0.05, 0.1) is 0 Å². The molecule has 1 N–H and O–H groups in total. The first-order valence-electron chi connectivity index (χ1n) is 7.36. The third-order valence-electron chi connectivity index (χ3n) is 4.55. The Kier molecular flexibility index (Phi) is 5.26. The highest BCUT2D eigenvalue weighted by Gasteiger charge is 2.28. The summed E-state index contributed by atoms with van der Waals surface area (Å²) in [5.41, 5.74) is 0. The van der Waals surface area contributed by atoms with Crippen molar-refractivity contribution in [3.63, 3.8) is 0 Å². The minimum absolute atomic E-state index is 0.751. The van der Waals surface area contributed by atoms with Gasteiger partial charge in [0.1, 0.15) is 0 Å². The van der Waals surface area contributed by atoms with Crippen LogP contribution >= 0.6 is 0 Å². The zero-order valence-electron chi connectivity index (χ0n) is 11.5. The van der Waals surface area contributed by atoms with E-state index in [1.807, 2.05) is 0 Å². The Morgan fingerprint density at radius 2 is 1.82 bits per heavy atom. The van der Waals surface area contributed by atoms with E-state index in [0.29, 0.717) is 0 Å². The van der Waals surface area contributed by atoms with E-state index in [0.717, 1.165) is 37.8 Å². The SMILES string of the molecule is CCNC1CCN(C(C)C2CCOCC2)CC1. The smallest absolute Gasteiger partial charge is 0.0469 e. The van der Waals surface area contributed by atoms with Gasteiger partial charge in [-0.2, -0.15) is 0 Å². The maximum absolute atomic E-state index is 5.46. The average molecular weight is 240 g/mol. The molecule has 1 unspecified atom stereocenters. The first-order valence-corrected chi connectivity index (χ1v) is 7.36. The van der Waals surface area contributed by atoms with Gasteiger partial charge in [0.25, 0.3) is 0 Å². The lowest BCUT2D eigenvalue weighted by atomic mass is 9.90. The second-order valence-corrected chi connectivity index (χ2v) is 5.56. The van der Waals surface area contributed by atoms with E-state index in [-0.39, 0.29) is 0 Å². The molecule has 17 heavy (non-hydrogen) atoms. The van der Waals surface area contributed by atoms with Crippen molar-refractivity contribution < 1.29 is 4.74 Å². The average Bonchev–Trinajstić information content (AvgIpc) is 2.40. The first kappa shape index (κ1) is 13.3. The maximum Gasteiger partial charge on any atom is 0.0469 e. The Labute approximate surface area is 106 Å². The van der Waals surface area contributed by atoms with Gasteiger partial charge in [0.15, 0.2) is 0 Å². The summed E-state index contributed by atoms with van der Waals surface area (Å²) in [4.78, 5) is 2.70. The summed E-state index contributed by atoms with van der Waals surface area (Å²) < 4.78 is 5.46. The molecule has 100 valence electrons. The zero-order chi connectivity index (χ0) is 12.1. The van der Waals surface area contributed by atoms with Crippen LogP contribution in [0.15, 0.2) is 0 Å². The summed E-state index contributed by atoms with van der Waals surface area (Å²) >= 11 is 0. The summed E-state index contributed by atoms with van der Waals surface area (Å²) in [5.74, 6) is 0.861. The Bertz CT molecular complexity index is 208. The van der Waals surface area contributed by atoms with Crippen LogP contribution in [0, 0.1) is 5.92 Å². The van der Waals surface area contributed by atoms with Gasteiger partial charge >= 0.3 is 0 Å². The predicted molar refractivity (Wildman–Crippen MR) is 71.3 cm³/mol. The van der Waals surface area contributed by atoms with Crippen molar-refractivity contribution in [1.82, 2.24) is 10.2 Å². The van der Waals surface area contributed by atoms with Gasteiger partial charge in [-0.3, -0.25) is 0 Å². The number of likely N-dealkylation sites (tertiary alicyclic amines) is 1. The van der Waals surface area contributed by atoms with E-state index in [1.165, 1.54) is 38.8 Å². The molecule has 0 saturated carbocycles. The number of ether oxygens (including phenoxy) is 1. The van der Waals surface area contributed by atoms with Crippen LogP contribution < -0.4 is 5.32 Å². The van der Waals surface area contributed by atoms with Crippen LogP contribution in [0.4, 0.5) is 0 Å². The molecule has 2 heterocycles. The van der Waals surface area contributed by atoms with Gasteiger partial charge < -0.3 is 15.0 Å². The van der Waals surface area contributed by atoms with Crippen LogP contribution in [0.2, 0.25) is 0 Å². The third kappa shape index (κ3) is 3.67. The fourth-order valence-electron chi connectivity index (χ4n) is 3.30. The van der Waals surface area contributed by atoms with Gasteiger partial charge in [0.2, 0.25) is 0 Å². The van der Waals surface area contributed by atoms with Crippen molar-refractivity contribution in [2.24, 2.45) is 5.92 Å². The van der Waals surface area contributed by atoms with Crippen LogP contribution in [0.3, 0.4) is 0 Å². The van der Waals surface area contributed by atoms with Crippen molar-refractivity contribution in [2.75, 3.05) is 32.8 Å². The van der Waals surface area contributed by atoms with E-state index in [1.54, 1.807) is 0 Å². The molecule has 0 aromatic rings. The molecule has 3 heteroatoms. The van der Waals surface area contributed by atoms with E-state index in [9.17, 15) is 0 Å². The Morgan fingerprint density at radius 3 is 2.41 bits per heavy atom. The molecule has 0 amide bonds. The summed E-state index contributed by atoms with van der Waals surface area (Å²) in [6.45, 7) is 10.2. The van der Waals surface area contributed by atoms with Crippen LogP contribution in [0.25, 0.3) is 0 Å². The lowest BCUT2D eigenvalue weighted by molar-refractivity contribution is 0.0229. The van der Waals surface area contributed by atoms with Gasteiger partial charge in [-0.1, -0.05) is 6.92 Å². The monoisotopic (exact) mass is 240 g/mol. The van der Waals surface area contributed by atoms with Crippen molar-refractivity contribution in [3.05, 3.63) is 0 Å². The second kappa shape index (κ2) is 6.72. The molecule has 1 atom stereocenters. The standard InChI is InChI=1S/C14H28N2O/c1-3-15-14-4-8-16(9-5-14)12(2)13-6-10-17-11-7-13/h12-15H,3-11H2,1-2H3. The summed E-state index contributed by atoms with van der Waals surface area (Å²) in [5, 5.41) is 3.58. The number of hydrogen-bond acceptors (Lipinski definition) is 3. The molecule has 2 fully saturated rings. The Hall–Kier alpha value is -0.120. The molecule has 0 spiro atoms. The first-order chi connectivity index (χ1) is 8.31. The van der Waals surface area contributed by atoms with Crippen LogP contribution in [0.1, 0.15) is 39.5 Å². The van der Waals surface area contributed by atoms with E-state index in [2.05, 4.69) is 24.1 Å². The minimum Gasteiger partial charge on any atom is -0.381 e. The molecule has 0 aromatic heterocycles. The van der Waals surface area contributed by atoms with Gasteiger partial charge in [-0.25, -0.2) is 0 Å². The molecule has 2 aliphatic rings. The number of rotatable bonds is 4. The van der Waals surface area contributed by atoms with Crippen molar-refractivity contribution in [2.45, 2.75) is 51.6 Å². The molecule has 2 aliphatic heterocycles. The molecule has 2 saturated heterocycles. The topological polar surface area (TPSA) is 24.5 Å². The number of hydrogen-bond donors (Lipinski definition) is 1. The molecule has 0 bridgehead atoms. The summed E-state index contributed by atoms with van der Waals surface area (Å²) in [6, 6.07) is 1.51. The van der Waals surface area contributed by atoms with Crippen LogP contribution in [-0.2, 0) is 4.74 Å². The molecule has 0 aromatic carbocycles. The van der Waals surface area contributed by atoms with Crippen molar-refractivity contribution >= 4 is 0 Å². The normalized spacial score (nSPS) is 27.2. The van der Waals surface area contributed by atoms with E-state index >= 15 is 0 Å². The van der Waals surface area contributed by atoms with Gasteiger partial charge in [-0.05, 0) is 58.2 Å². The Balaban J connectivity index is 1.75. The molecule has 0 radical (unpaired) electrons. The van der Waals surface area contributed by atoms with E-state index in [4.69, 9.17) is 4.74 Å². The van der Waals surface area contributed by atoms with Crippen molar-refractivity contribution in [1.29, 1.82) is 0 Å². The number of nitrogens with one attached hydrogen (secondary N) is 1. The summed E-state index contributed by atoms with van der Waals surface area (Å²) in [6.07, 6.45) is 5.16. The largest absolute Gasteiger partial charge is 0.381 e. The lowest BCUT2D eigenvalue weighted by Gasteiger charge is -2.40. The highest BCUT2D eigenvalue weighted by Crippen LogP contribution is 2.25. The molecule has 3 nitrogen and oxygen atoms in total. The molecular formula is C14H28N2O. The molecule has 0 aliphatic carbocycles. The number of piperidine rings is 1. The summed E-state index contributed by atoms with van der Waals surface area (Å²) in [7, 11) is 0. The predicted octanol–water partition coefficient (Wildman–Crippen LogP) is 1.88. The van der Waals surface area contributed by atoms with Crippen molar-refractivity contribution in [3.8, 4) is 0 Å². The van der Waals surface area contributed by atoms with Crippen LogP contribution in [-0.4, -0.2) is 49.8 Å². The highest BCUT2D eigenvalue weighted by molar-refractivity contribution is 4.83. The van der Waals surface area contributed by atoms with Gasteiger partial charge in [0, 0.05) is 25.3 Å². The highest BCUT2D eigenvalue weighted by atomic mass is 16.5. The van der Waals surface area contributed by atoms with E-state index < -0.39 is 0 Å². The quantitative estimate of drug-likeness (QED) is 0.812. The lowest BCUT2D eigenvalue weighted by Crippen LogP contribution is -2.48. The Morgan fingerprint density at radius 1 is 1.18 bits per heavy atom. The third-order valence-corrected chi connectivity index (χ3v) is 4.55. The second-order valence-electron chi connectivity index (χ2n) is 5.56. The zero-order valence-corrected chi connectivity index (χ0v) is 11.5. The molecular weight excluding hydrogens is 212 g/mol. The fourth-order valence-corrected chi connectivity index (χ4v) is 3.30.